The number of aromatic nitrogens is 2. The van der Waals surface area contributed by atoms with Crippen molar-refractivity contribution in [2.45, 2.75) is 31.7 Å². The van der Waals surface area contributed by atoms with Crippen molar-refractivity contribution in [2.75, 3.05) is 19.5 Å². The lowest BCUT2D eigenvalue weighted by Gasteiger charge is -2.16. The van der Waals surface area contributed by atoms with Crippen LogP contribution in [0.2, 0.25) is 0 Å². The Bertz CT molecular complexity index is 572. The molecule has 1 atom stereocenters. The van der Waals surface area contributed by atoms with Crippen molar-refractivity contribution in [3.8, 4) is 0 Å². The second kappa shape index (κ2) is 4.28. The van der Waals surface area contributed by atoms with Crippen LogP contribution in [0.5, 0.6) is 0 Å². The molecule has 1 aromatic carbocycles. The Balaban J connectivity index is 2.15. The van der Waals surface area contributed by atoms with Crippen LogP contribution < -0.4 is 5.73 Å². The van der Waals surface area contributed by atoms with Crippen LogP contribution in [-0.2, 0) is 4.74 Å². The molecule has 0 bridgehead atoms. The Kier molecular flexibility index (Phi) is 2.74. The van der Waals surface area contributed by atoms with Gasteiger partial charge in [0.15, 0.2) is 0 Å². The second-order valence-electron chi connectivity index (χ2n) is 5.17. The zero-order chi connectivity index (χ0) is 12.7. The largest absolute Gasteiger partial charge is 0.399 e. The summed E-state index contributed by atoms with van der Waals surface area (Å²) in [6, 6.07) is 6.27. The van der Waals surface area contributed by atoms with Crippen LogP contribution in [0.15, 0.2) is 18.2 Å². The zero-order valence-corrected chi connectivity index (χ0v) is 10.9. The molecule has 0 saturated heterocycles. The summed E-state index contributed by atoms with van der Waals surface area (Å²) in [5, 5.41) is 0. The second-order valence-corrected chi connectivity index (χ2v) is 5.17. The monoisotopic (exact) mass is 245 g/mol. The van der Waals surface area contributed by atoms with Crippen LogP contribution in [0, 0.1) is 0 Å². The molecule has 1 aliphatic carbocycles. The van der Waals surface area contributed by atoms with Gasteiger partial charge in [-0.25, -0.2) is 4.98 Å². The normalized spacial score (nSPS) is 17.2. The van der Waals surface area contributed by atoms with Gasteiger partial charge in [-0.2, -0.15) is 0 Å². The number of benzene rings is 1. The van der Waals surface area contributed by atoms with E-state index < -0.39 is 0 Å². The minimum absolute atomic E-state index is 0.305. The summed E-state index contributed by atoms with van der Waals surface area (Å²) in [6.45, 7) is 2.88. The predicted molar refractivity (Wildman–Crippen MR) is 72.7 cm³/mol. The summed E-state index contributed by atoms with van der Waals surface area (Å²) >= 11 is 0. The average molecular weight is 245 g/mol. The number of hydrogen-bond acceptors (Lipinski definition) is 3. The van der Waals surface area contributed by atoms with Gasteiger partial charge < -0.3 is 15.0 Å². The first-order valence-corrected chi connectivity index (χ1v) is 6.47. The molecular weight excluding hydrogens is 226 g/mol. The fourth-order valence-electron chi connectivity index (χ4n) is 2.54. The van der Waals surface area contributed by atoms with Crippen molar-refractivity contribution in [1.29, 1.82) is 0 Å². The third-order valence-corrected chi connectivity index (χ3v) is 3.53. The first-order valence-electron chi connectivity index (χ1n) is 6.47. The molecule has 3 rings (SSSR count). The first kappa shape index (κ1) is 11.5. The number of nitrogen functional groups attached to an aromatic ring is 1. The van der Waals surface area contributed by atoms with Crippen molar-refractivity contribution in [2.24, 2.45) is 0 Å². The fourth-order valence-corrected chi connectivity index (χ4v) is 2.54. The lowest BCUT2D eigenvalue weighted by molar-refractivity contribution is 0.162. The van der Waals surface area contributed by atoms with Gasteiger partial charge in [0.25, 0.3) is 0 Å². The number of ether oxygens (including phenoxy) is 1. The Hall–Kier alpha value is -1.55. The third-order valence-electron chi connectivity index (χ3n) is 3.53. The fraction of sp³-hybridized carbons (Fsp3) is 0.500. The summed E-state index contributed by atoms with van der Waals surface area (Å²) in [6.07, 6.45) is 2.50. The van der Waals surface area contributed by atoms with Gasteiger partial charge in [0, 0.05) is 18.7 Å². The number of imidazole rings is 1. The maximum Gasteiger partial charge on any atom is 0.113 e. The molecule has 96 valence electrons. The maximum atomic E-state index is 5.84. The van der Waals surface area contributed by atoms with Gasteiger partial charge in [-0.3, -0.25) is 0 Å². The number of rotatable bonds is 4. The molecule has 0 spiro atoms. The minimum Gasteiger partial charge on any atom is -0.399 e. The van der Waals surface area contributed by atoms with E-state index in [-0.39, 0.29) is 0 Å². The Morgan fingerprint density at radius 2 is 2.28 bits per heavy atom. The number of anilines is 1. The highest BCUT2D eigenvalue weighted by atomic mass is 16.5. The number of nitrogens with two attached hydrogens (primary N) is 1. The lowest BCUT2D eigenvalue weighted by atomic mass is 10.2. The van der Waals surface area contributed by atoms with Crippen LogP contribution in [0.3, 0.4) is 0 Å². The van der Waals surface area contributed by atoms with Crippen LogP contribution in [0.4, 0.5) is 5.69 Å². The van der Waals surface area contributed by atoms with Gasteiger partial charge in [-0.05, 0) is 38.0 Å². The molecule has 1 fully saturated rings. The van der Waals surface area contributed by atoms with Crippen LogP contribution in [0.1, 0.15) is 37.5 Å². The molecule has 1 aliphatic rings. The Labute approximate surface area is 107 Å². The van der Waals surface area contributed by atoms with Crippen LogP contribution in [-0.4, -0.2) is 23.3 Å². The molecule has 0 radical (unpaired) electrons. The molecule has 18 heavy (non-hydrogen) atoms. The van der Waals surface area contributed by atoms with E-state index in [2.05, 4.69) is 17.6 Å². The van der Waals surface area contributed by atoms with Crippen molar-refractivity contribution in [3.05, 3.63) is 24.0 Å². The molecule has 0 aliphatic heterocycles. The molecule has 1 heterocycles. The summed E-state index contributed by atoms with van der Waals surface area (Å²) in [5.41, 5.74) is 8.77. The van der Waals surface area contributed by atoms with Crippen molar-refractivity contribution in [3.63, 3.8) is 0 Å². The highest BCUT2D eigenvalue weighted by Gasteiger charge is 2.30. The molecule has 4 heteroatoms. The molecule has 4 nitrogen and oxygen atoms in total. The molecule has 1 aromatic heterocycles. The van der Waals surface area contributed by atoms with Gasteiger partial charge in [0.05, 0.1) is 23.7 Å². The average Bonchev–Trinajstić information content (AvgIpc) is 3.10. The van der Waals surface area contributed by atoms with Gasteiger partial charge in [-0.15, -0.1) is 0 Å². The minimum atomic E-state index is 0.305. The topological polar surface area (TPSA) is 53.1 Å². The van der Waals surface area contributed by atoms with E-state index in [1.165, 1.54) is 18.7 Å². The van der Waals surface area contributed by atoms with Gasteiger partial charge >= 0.3 is 0 Å². The first-order chi connectivity index (χ1) is 8.70. The molecule has 2 aromatic rings. The molecule has 1 unspecified atom stereocenters. The Morgan fingerprint density at radius 1 is 1.50 bits per heavy atom. The maximum absolute atomic E-state index is 5.84. The lowest BCUT2D eigenvalue weighted by Crippen LogP contribution is -2.13. The SMILES string of the molecule is COCC(C)n1c(C2CC2)nc2cc(N)ccc21. The summed E-state index contributed by atoms with van der Waals surface area (Å²) in [7, 11) is 1.74. The van der Waals surface area contributed by atoms with Gasteiger partial charge in [0.2, 0.25) is 0 Å². The third kappa shape index (κ3) is 1.86. The molecule has 0 amide bonds. The van der Waals surface area contributed by atoms with E-state index in [9.17, 15) is 0 Å². The molecule has 1 saturated carbocycles. The van der Waals surface area contributed by atoms with Gasteiger partial charge in [0.1, 0.15) is 5.82 Å². The Morgan fingerprint density at radius 3 is 2.94 bits per heavy atom. The van der Waals surface area contributed by atoms with E-state index in [4.69, 9.17) is 15.5 Å². The van der Waals surface area contributed by atoms with Crippen molar-refractivity contribution >= 4 is 16.7 Å². The summed E-state index contributed by atoms with van der Waals surface area (Å²) < 4.78 is 7.60. The number of fused-ring (bicyclic) bond motifs is 1. The van der Waals surface area contributed by atoms with Crippen molar-refractivity contribution < 1.29 is 4.74 Å². The van der Waals surface area contributed by atoms with Crippen LogP contribution in [0.25, 0.3) is 11.0 Å². The molecular formula is C14H19N3O. The van der Waals surface area contributed by atoms with E-state index in [0.29, 0.717) is 18.6 Å². The van der Waals surface area contributed by atoms with E-state index in [0.717, 1.165) is 16.7 Å². The number of methoxy groups -OCH3 is 1. The van der Waals surface area contributed by atoms with Crippen LogP contribution >= 0.6 is 0 Å². The summed E-state index contributed by atoms with van der Waals surface area (Å²) in [4.78, 5) is 4.77. The molecule has 2 N–H and O–H groups in total. The van der Waals surface area contributed by atoms with E-state index in [1.807, 2.05) is 12.1 Å². The van der Waals surface area contributed by atoms with Gasteiger partial charge in [-0.1, -0.05) is 0 Å². The predicted octanol–water partition coefficient (Wildman–Crippen LogP) is 2.70. The van der Waals surface area contributed by atoms with E-state index in [1.54, 1.807) is 7.11 Å². The highest BCUT2D eigenvalue weighted by molar-refractivity contribution is 5.80. The van der Waals surface area contributed by atoms with E-state index >= 15 is 0 Å². The zero-order valence-electron chi connectivity index (χ0n) is 10.9. The van der Waals surface area contributed by atoms with Crippen molar-refractivity contribution in [1.82, 2.24) is 9.55 Å². The highest BCUT2D eigenvalue weighted by Crippen LogP contribution is 2.41. The number of hydrogen-bond donors (Lipinski definition) is 1. The number of nitrogens with zero attached hydrogens (tertiary/aromatic N) is 2. The summed E-state index contributed by atoms with van der Waals surface area (Å²) in [5.74, 6) is 1.82. The smallest absolute Gasteiger partial charge is 0.113 e. The quantitative estimate of drug-likeness (QED) is 0.843. The standard InChI is InChI=1S/C14H19N3O/c1-9(8-18-2)17-13-6-5-11(15)7-12(13)16-14(17)10-3-4-10/h5-7,9-10H,3-4,8,15H2,1-2H3.